The van der Waals surface area contributed by atoms with E-state index >= 15 is 0 Å². The molecule has 1 N–H and O–H groups in total. The maximum atomic E-state index is 11.6. The van der Waals surface area contributed by atoms with Gasteiger partial charge in [-0.05, 0) is 6.92 Å². The fourth-order valence-electron chi connectivity index (χ4n) is 1.34. The lowest BCUT2D eigenvalue weighted by Gasteiger charge is -2.02. The summed E-state index contributed by atoms with van der Waals surface area (Å²) in [7, 11) is 1.95. The van der Waals surface area contributed by atoms with Crippen molar-refractivity contribution in [2.75, 3.05) is 11.1 Å². The second kappa shape index (κ2) is 6.01. The number of hydrogen-bond acceptors (Lipinski definition) is 5. The molecule has 2 rings (SSSR count). The Morgan fingerprint density at radius 3 is 3.06 bits per heavy atom. The number of amides is 1. The maximum Gasteiger partial charge on any atom is 0.236 e. The van der Waals surface area contributed by atoms with Gasteiger partial charge >= 0.3 is 0 Å². The number of aromatic nitrogens is 3. The van der Waals surface area contributed by atoms with Crippen LogP contribution in [-0.2, 0) is 17.6 Å². The van der Waals surface area contributed by atoms with Crippen LogP contribution in [0, 0.1) is 6.92 Å². The van der Waals surface area contributed by atoms with E-state index in [1.165, 1.54) is 11.3 Å². The van der Waals surface area contributed by atoms with Crippen LogP contribution < -0.4 is 5.32 Å². The van der Waals surface area contributed by atoms with Crippen molar-refractivity contribution in [3.05, 3.63) is 29.3 Å². The highest BCUT2D eigenvalue weighted by atomic mass is 32.2. The van der Waals surface area contributed by atoms with Crippen LogP contribution in [0.4, 0.5) is 5.13 Å². The van der Waals surface area contributed by atoms with Crippen LogP contribution in [-0.4, -0.2) is 26.2 Å². The molecule has 0 saturated carbocycles. The Balaban J connectivity index is 1.74. The minimum Gasteiger partial charge on any atom is -0.337 e. The molecular weight excluding hydrogens is 268 g/mol. The molecule has 5 nitrogen and oxygen atoms in total. The zero-order chi connectivity index (χ0) is 13.0. The topological polar surface area (TPSA) is 59.8 Å². The highest BCUT2D eigenvalue weighted by molar-refractivity contribution is 7.99. The first-order valence-electron chi connectivity index (χ1n) is 5.41. The summed E-state index contributed by atoms with van der Waals surface area (Å²) in [4.78, 5) is 20.0. The molecule has 7 heteroatoms. The van der Waals surface area contributed by atoms with Crippen molar-refractivity contribution < 1.29 is 4.79 Å². The van der Waals surface area contributed by atoms with Crippen LogP contribution in [0.15, 0.2) is 17.8 Å². The summed E-state index contributed by atoms with van der Waals surface area (Å²) >= 11 is 2.98. The van der Waals surface area contributed by atoms with E-state index in [-0.39, 0.29) is 5.91 Å². The monoisotopic (exact) mass is 282 g/mol. The van der Waals surface area contributed by atoms with Gasteiger partial charge in [0.15, 0.2) is 5.13 Å². The maximum absolute atomic E-state index is 11.6. The van der Waals surface area contributed by atoms with Gasteiger partial charge in [-0.15, -0.1) is 23.1 Å². The van der Waals surface area contributed by atoms with E-state index in [1.807, 2.05) is 30.1 Å². The first-order chi connectivity index (χ1) is 8.65. The van der Waals surface area contributed by atoms with Crippen LogP contribution in [0.2, 0.25) is 0 Å². The SMILES string of the molecule is Cc1csc(NC(=O)CSCc2nccn2C)n1. The highest BCUT2D eigenvalue weighted by Crippen LogP contribution is 2.15. The molecule has 0 spiro atoms. The molecule has 96 valence electrons. The lowest BCUT2D eigenvalue weighted by molar-refractivity contribution is -0.113. The number of nitrogens with one attached hydrogen (secondary N) is 1. The zero-order valence-electron chi connectivity index (χ0n) is 10.2. The van der Waals surface area contributed by atoms with Crippen molar-refractivity contribution in [3.63, 3.8) is 0 Å². The Bertz CT molecular complexity index is 535. The van der Waals surface area contributed by atoms with Crippen LogP contribution >= 0.6 is 23.1 Å². The molecule has 0 bridgehead atoms. The number of nitrogens with zero attached hydrogens (tertiary/aromatic N) is 3. The lowest BCUT2D eigenvalue weighted by Crippen LogP contribution is -2.14. The molecule has 2 heterocycles. The molecule has 2 aromatic rings. The predicted molar refractivity (Wildman–Crippen MR) is 74.9 cm³/mol. The van der Waals surface area contributed by atoms with Crippen molar-refractivity contribution in [1.82, 2.24) is 14.5 Å². The minimum atomic E-state index is -0.0245. The van der Waals surface area contributed by atoms with Gasteiger partial charge in [-0.1, -0.05) is 0 Å². The van der Waals surface area contributed by atoms with E-state index in [0.29, 0.717) is 10.9 Å². The molecule has 0 atom stereocenters. The zero-order valence-corrected chi connectivity index (χ0v) is 11.8. The number of thiazole rings is 1. The summed E-state index contributed by atoms with van der Waals surface area (Å²) in [6, 6.07) is 0. The predicted octanol–water partition coefficient (Wildman–Crippen LogP) is 2.06. The normalized spacial score (nSPS) is 10.6. The van der Waals surface area contributed by atoms with Crippen molar-refractivity contribution in [1.29, 1.82) is 0 Å². The number of imidazole rings is 1. The summed E-state index contributed by atoms with van der Waals surface area (Å²) in [6.45, 7) is 1.90. The van der Waals surface area contributed by atoms with Gasteiger partial charge in [0.05, 0.1) is 17.2 Å². The van der Waals surface area contributed by atoms with Crippen molar-refractivity contribution in [2.45, 2.75) is 12.7 Å². The third kappa shape index (κ3) is 3.58. The summed E-state index contributed by atoms with van der Waals surface area (Å²) in [5, 5.41) is 5.35. The Kier molecular flexibility index (Phi) is 4.38. The minimum absolute atomic E-state index is 0.0245. The molecule has 0 radical (unpaired) electrons. The quantitative estimate of drug-likeness (QED) is 0.912. The van der Waals surface area contributed by atoms with Gasteiger partial charge in [0.25, 0.3) is 0 Å². The van der Waals surface area contributed by atoms with E-state index in [2.05, 4.69) is 15.3 Å². The van der Waals surface area contributed by atoms with Gasteiger partial charge < -0.3 is 9.88 Å². The number of carbonyl (C=O) groups excluding carboxylic acids is 1. The van der Waals surface area contributed by atoms with E-state index < -0.39 is 0 Å². The average Bonchev–Trinajstić information content (AvgIpc) is 2.89. The van der Waals surface area contributed by atoms with Crippen LogP contribution in [0.25, 0.3) is 0 Å². The fourth-order valence-corrected chi connectivity index (χ4v) is 2.86. The first kappa shape index (κ1) is 13.1. The second-order valence-electron chi connectivity index (χ2n) is 3.79. The Hall–Kier alpha value is -1.34. The Morgan fingerprint density at radius 1 is 1.61 bits per heavy atom. The molecule has 18 heavy (non-hydrogen) atoms. The smallest absolute Gasteiger partial charge is 0.236 e. The summed E-state index contributed by atoms with van der Waals surface area (Å²) in [6.07, 6.45) is 3.66. The Morgan fingerprint density at radius 2 is 2.44 bits per heavy atom. The van der Waals surface area contributed by atoms with E-state index in [0.717, 1.165) is 17.3 Å². The first-order valence-corrected chi connectivity index (χ1v) is 7.44. The summed E-state index contributed by atoms with van der Waals surface area (Å²) < 4.78 is 1.95. The third-order valence-electron chi connectivity index (χ3n) is 2.25. The standard InChI is InChI=1S/C11H14N4OS2/c1-8-5-18-11(13-8)14-10(16)7-17-6-9-12-3-4-15(9)2/h3-5H,6-7H2,1-2H3,(H,13,14,16). The van der Waals surface area contributed by atoms with Crippen LogP contribution in [0.1, 0.15) is 11.5 Å². The van der Waals surface area contributed by atoms with Crippen LogP contribution in [0.5, 0.6) is 0 Å². The van der Waals surface area contributed by atoms with Crippen molar-refractivity contribution in [2.24, 2.45) is 7.05 Å². The van der Waals surface area contributed by atoms with Gasteiger partial charge in [0.1, 0.15) is 5.82 Å². The molecule has 0 unspecified atom stereocenters. The van der Waals surface area contributed by atoms with Gasteiger partial charge in [0.2, 0.25) is 5.91 Å². The number of thioether (sulfide) groups is 1. The summed E-state index contributed by atoms with van der Waals surface area (Å²) in [5.41, 5.74) is 0.927. The molecule has 0 aliphatic rings. The Labute approximate surface area is 114 Å². The molecule has 1 amide bonds. The van der Waals surface area contributed by atoms with E-state index in [9.17, 15) is 4.79 Å². The van der Waals surface area contributed by atoms with Crippen molar-refractivity contribution in [3.8, 4) is 0 Å². The number of carbonyl (C=O) groups is 1. The molecule has 0 fully saturated rings. The molecule has 0 aliphatic carbocycles. The van der Waals surface area contributed by atoms with E-state index in [4.69, 9.17) is 0 Å². The highest BCUT2D eigenvalue weighted by Gasteiger charge is 2.06. The number of hydrogen-bond donors (Lipinski definition) is 1. The second-order valence-corrected chi connectivity index (χ2v) is 5.63. The largest absolute Gasteiger partial charge is 0.337 e. The average molecular weight is 282 g/mol. The van der Waals surface area contributed by atoms with Gasteiger partial charge in [-0.25, -0.2) is 9.97 Å². The molecular formula is C11H14N4OS2. The van der Waals surface area contributed by atoms with Gasteiger partial charge in [0, 0.05) is 24.8 Å². The van der Waals surface area contributed by atoms with Crippen LogP contribution in [0.3, 0.4) is 0 Å². The third-order valence-corrected chi connectivity index (χ3v) is 4.05. The molecule has 0 aliphatic heterocycles. The fraction of sp³-hybridized carbons (Fsp3) is 0.364. The number of rotatable bonds is 5. The van der Waals surface area contributed by atoms with E-state index in [1.54, 1.807) is 18.0 Å². The van der Waals surface area contributed by atoms with Gasteiger partial charge in [-0.3, -0.25) is 4.79 Å². The van der Waals surface area contributed by atoms with Gasteiger partial charge in [-0.2, -0.15) is 0 Å². The molecule has 0 saturated heterocycles. The number of aryl methyl sites for hydroxylation is 2. The number of anilines is 1. The summed E-state index contributed by atoms with van der Waals surface area (Å²) in [5.74, 6) is 2.08. The lowest BCUT2D eigenvalue weighted by atomic mass is 10.6. The van der Waals surface area contributed by atoms with Crippen molar-refractivity contribution >= 4 is 34.1 Å². The molecule has 0 aromatic carbocycles. The molecule has 2 aromatic heterocycles.